The lowest BCUT2D eigenvalue weighted by molar-refractivity contribution is -0.0100. The fourth-order valence-corrected chi connectivity index (χ4v) is 5.04. The lowest BCUT2D eigenvalue weighted by Gasteiger charge is -2.30. The summed E-state index contributed by atoms with van der Waals surface area (Å²) in [6, 6.07) is 17.1. The molecule has 4 aromatic heterocycles. The molecule has 1 aromatic carbocycles. The van der Waals surface area contributed by atoms with Crippen molar-refractivity contribution in [1.82, 2.24) is 34.6 Å². The molecule has 0 radical (unpaired) electrons. The van der Waals surface area contributed by atoms with Crippen LogP contribution in [0.2, 0.25) is 0 Å². The maximum absolute atomic E-state index is 6.28. The summed E-state index contributed by atoms with van der Waals surface area (Å²) in [6.07, 6.45) is 7.42. The molecule has 1 fully saturated rings. The van der Waals surface area contributed by atoms with E-state index in [4.69, 9.17) is 20.4 Å². The second-order valence-corrected chi connectivity index (χ2v) is 9.05. The predicted molar refractivity (Wildman–Crippen MR) is 132 cm³/mol. The van der Waals surface area contributed by atoms with Crippen LogP contribution in [0.1, 0.15) is 23.6 Å². The molecule has 9 heteroatoms. The summed E-state index contributed by atoms with van der Waals surface area (Å²) in [5.41, 5.74) is 12.3. The minimum absolute atomic E-state index is 0.366. The predicted octanol–water partition coefficient (Wildman–Crippen LogP) is 3.23. The van der Waals surface area contributed by atoms with E-state index >= 15 is 0 Å². The summed E-state index contributed by atoms with van der Waals surface area (Å²) in [5, 5.41) is 8.08. The van der Waals surface area contributed by atoms with Crippen molar-refractivity contribution in [1.29, 1.82) is 0 Å². The first-order chi connectivity index (χ1) is 17.2. The number of nitrogens with one attached hydrogen (secondary N) is 1. The Hall–Kier alpha value is -4.08. The van der Waals surface area contributed by atoms with Crippen molar-refractivity contribution >= 4 is 17.0 Å². The van der Waals surface area contributed by atoms with Crippen LogP contribution in [-0.4, -0.2) is 48.6 Å². The van der Waals surface area contributed by atoms with Gasteiger partial charge in [0, 0.05) is 30.3 Å². The zero-order valence-corrected chi connectivity index (χ0v) is 19.0. The SMILES string of the molecule is Nc1ncccc1-c1nc2ccc(-n3cccn3)nc2n1-c1ccc2c(c1)CC[C@@H]2NC1COC1. The Morgan fingerprint density at radius 2 is 1.97 bits per heavy atom. The maximum atomic E-state index is 6.28. The van der Waals surface area contributed by atoms with Crippen LogP contribution in [0.4, 0.5) is 5.82 Å². The number of ether oxygens (including phenoxy) is 1. The van der Waals surface area contributed by atoms with Gasteiger partial charge in [-0.2, -0.15) is 5.10 Å². The molecular weight excluding hydrogens is 440 g/mol. The van der Waals surface area contributed by atoms with Crippen LogP contribution in [-0.2, 0) is 11.2 Å². The van der Waals surface area contributed by atoms with E-state index in [2.05, 4.69) is 38.2 Å². The van der Waals surface area contributed by atoms with E-state index < -0.39 is 0 Å². The van der Waals surface area contributed by atoms with Crippen molar-refractivity contribution in [2.75, 3.05) is 18.9 Å². The summed E-state index contributed by atoms with van der Waals surface area (Å²) in [7, 11) is 0. The van der Waals surface area contributed by atoms with Gasteiger partial charge in [0.1, 0.15) is 11.3 Å². The molecule has 2 aliphatic rings. The van der Waals surface area contributed by atoms with Crippen LogP contribution in [0.5, 0.6) is 0 Å². The first kappa shape index (κ1) is 20.3. The van der Waals surface area contributed by atoms with Crippen molar-refractivity contribution in [3.05, 3.63) is 78.2 Å². The van der Waals surface area contributed by atoms with Gasteiger partial charge >= 0.3 is 0 Å². The molecule has 174 valence electrons. The lowest BCUT2D eigenvalue weighted by atomic mass is 10.1. The normalized spacial score (nSPS) is 17.5. The first-order valence-electron chi connectivity index (χ1n) is 11.8. The smallest absolute Gasteiger partial charge is 0.167 e. The minimum Gasteiger partial charge on any atom is -0.383 e. The molecule has 0 saturated carbocycles. The topological polar surface area (TPSA) is 109 Å². The average molecular weight is 465 g/mol. The van der Waals surface area contributed by atoms with E-state index in [0.717, 1.165) is 60.1 Å². The lowest BCUT2D eigenvalue weighted by Crippen LogP contribution is -2.46. The number of pyridine rings is 2. The maximum Gasteiger partial charge on any atom is 0.167 e. The molecule has 1 saturated heterocycles. The molecule has 0 amide bonds. The van der Waals surface area contributed by atoms with Crippen molar-refractivity contribution in [2.24, 2.45) is 0 Å². The van der Waals surface area contributed by atoms with Gasteiger partial charge in [-0.3, -0.25) is 4.57 Å². The Balaban J connectivity index is 1.39. The number of imidazole rings is 1. The zero-order valence-electron chi connectivity index (χ0n) is 19.0. The Morgan fingerprint density at radius 3 is 2.77 bits per heavy atom. The number of fused-ring (bicyclic) bond motifs is 2. The fraction of sp³-hybridized carbons (Fsp3) is 0.231. The van der Waals surface area contributed by atoms with E-state index in [1.165, 1.54) is 11.1 Å². The Kier molecular flexibility index (Phi) is 4.64. The Bertz CT molecular complexity index is 1540. The van der Waals surface area contributed by atoms with Crippen LogP contribution in [0.15, 0.2) is 67.1 Å². The van der Waals surface area contributed by atoms with E-state index in [1.54, 1.807) is 17.1 Å². The van der Waals surface area contributed by atoms with Crippen LogP contribution < -0.4 is 11.1 Å². The number of nitrogen functional groups attached to an aromatic ring is 1. The molecule has 1 aliphatic heterocycles. The minimum atomic E-state index is 0.366. The number of benzene rings is 1. The van der Waals surface area contributed by atoms with Gasteiger partial charge in [-0.05, 0) is 66.4 Å². The summed E-state index contributed by atoms with van der Waals surface area (Å²) in [4.78, 5) is 14.2. The average Bonchev–Trinajstić information content (AvgIpc) is 3.59. The van der Waals surface area contributed by atoms with Gasteiger partial charge in [-0.15, -0.1) is 0 Å². The number of rotatable bonds is 5. The monoisotopic (exact) mass is 464 g/mol. The third-order valence-corrected chi connectivity index (χ3v) is 6.85. The number of hydrogen-bond donors (Lipinski definition) is 2. The van der Waals surface area contributed by atoms with Gasteiger partial charge in [0.25, 0.3) is 0 Å². The van der Waals surface area contributed by atoms with Gasteiger partial charge in [0.2, 0.25) is 0 Å². The highest BCUT2D eigenvalue weighted by molar-refractivity contribution is 5.83. The fourth-order valence-electron chi connectivity index (χ4n) is 5.04. The number of hydrogen-bond acceptors (Lipinski definition) is 7. The van der Waals surface area contributed by atoms with E-state index in [9.17, 15) is 0 Å². The highest BCUT2D eigenvalue weighted by Gasteiger charge is 2.28. The molecule has 0 unspecified atom stereocenters. The second-order valence-electron chi connectivity index (χ2n) is 9.05. The zero-order chi connectivity index (χ0) is 23.4. The molecule has 1 aliphatic carbocycles. The molecule has 3 N–H and O–H groups in total. The van der Waals surface area contributed by atoms with Gasteiger partial charge in [-0.25, -0.2) is 19.6 Å². The van der Waals surface area contributed by atoms with E-state index in [-0.39, 0.29) is 0 Å². The highest BCUT2D eigenvalue weighted by Crippen LogP contribution is 2.36. The molecule has 0 bridgehead atoms. The third-order valence-electron chi connectivity index (χ3n) is 6.85. The van der Waals surface area contributed by atoms with Crippen LogP contribution in [0.25, 0.3) is 34.1 Å². The number of anilines is 1. The van der Waals surface area contributed by atoms with Gasteiger partial charge in [-0.1, -0.05) is 6.07 Å². The third kappa shape index (κ3) is 3.39. The van der Waals surface area contributed by atoms with Crippen molar-refractivity contribution < 1.29 is 4.74 Å². The molecule has 35 heavy (non-hydrogen) atoms. The van der Waals surface area contributed by atoms with Crippen LogP contribution >= 0.6 is 0 Å². The molecule has 0 spiro atoms. The van der Waals surface area contributed by atoms with Crippen LogP contribution in [0, 0.1) is 0 Å². The number of nitrogens with two attached hydrogens (primary N) is 1. The molecule has 1 atom stereocenters. The Labute approximate surface area is 201 Å². The van der Waals surface area contributed by atoms with Crippen molar-refractivity contribution in [2.45, 2.75) is 24.9 Å². The quantitative estimate of drug-likeness (QED) is 0.411. The summed E-state index contributed by atoms with van der Waals surface area (Å²) < 4.78 is 9.17. The molecule has 9 nitrogen and oxygen atoms in total. The number of aromatic nitrogens is 6. The number of nitrogens with zero attached hydrogens (tertiary/aromatic N) is 6. The number of aryl methyl sites for hydroxylation is 1. The molecule has 7 rings (SSSR count). The van der Waals surface area contributed by atoms with Gasteiger partial charge in [0.05, 0.1) is 24.8 Å². The largest absolute Gasteiger partial charge is 0.383 e. The van der Waals surface area contributed by atoms with Crippen molar-refractivity contribution in [3.8, 4) is 22.9 Å². The molecule has 5 aromatic rings. The van der Waals surface area contributed by atoms with E-state index in [1.807, 2.05) is 36.5 Å². The standard InChI is InChI=1S/C26H24N8O/c27-24-20(3-1-10-28-24)25-31-22-8-9-23(33-12-2-11-29-33)32-26(22)34(25)18-5-6-19-16(13-18)4-7-21(19)30-17-14-35-15-17/h1-3,5-6,8-13,17,21,30H,4,7,14-15H2,(H2,27,28)/t21-/m0/s1. The summed E-state index contributed by atoms with van der Waals surface area (Å²) in [5.74, 6) is 1.88. The molecular formula is C26H24N8O. The first-order valence-corrected chi connectivity index (χ1v) is 11.8. The highest BCUT2D eigenvalue weighted by atomic mass is 16.5. The summed E-state index contributed by atoms with van der Waals surface area (Å²) >= 11 is 0. The van der Waals surface area contributed by atoms with Gasteiger partial charge in [0.15, 0.2) is 17.3 Å². The Morgan fingerprint density at radius 1 is 1.03 bits per heavy atom. The van der Waals surface area contributed by atoms with Crippen molar-refractivity contribution in [3.63, 3.8) is 0 Å². The molecule has 5 heterocycles. The summed E-state index contributed by atoms with van der Waals surface area (Å²) in [6.45, 7) is 1.59. The van der Waals surface area contributed by atoms with Crippen LogP contribution in [0.3, 0.4) is 0 Å². The van der Waals surface area contributed by atoms with E-state index in [0.29, 0.717) is 17.9 Å². The van der Waals surface area contributed by atoms with Gasteiger partial charge < -0.3 is 15.8 Å². The second kappa shape index (κ2) is 8.00.